The topological polar surface area (TPSA) is 29.0 Å². The van der Waals surface area contributed by atoms with Gasteiger partial charge in [-0.1, -0.05) is 164 Å². The molecular weight excluding hydrogens is 667 g/mol. The maximum atomic E-state index is 5.40. The van der Waals surface area contributed by atoms with Crippen LogP contribution in [0.3, 0.4) is 0 Å². The lowest BCUT2D eigenvalue weighted by molar-refractivity contribution is 1.28. The lowest BCUT2D eigenvalue weighted by Gasteiger charge is -2.25. The van der Waals surface area contributed by atoms with Gasteiger partial charge in [-0.3, -0.25) is 0 Å². The second kappa shape index (κ2) is 13.9. The van der Waals surface area contributed by atoms with Crippen LogP contribution in [0.5, 0.6) is 0 Å². The predicted octanol–water partition coefficient (Wildman–Crippen LogP) is 14.1. The van der Waals surface area contributed by atoms with E-state index in [2.05, 4.69) is 205 Å². The average molecular weight is 702 g/mol. The highest BCUT2D eigenvalue weighted by molar-refractivity contribution is 6.19. The molecule has 258 valence electrons. The molecule has 0 atom stereocenters. The molecule has 1 aromatic heterocycles. The van der Waals surface area contributed by atoms with Crippen LogP contribution in [0.25, 0.3) is 77.3 Å². The molecule has 0 bridgehead atoms. The molecule has 0 amide bonds. The Kier molecular flexibility index (Phi) is 8.16. The molecule has 1 heterocycles. The van der Waals surface area contributed by atoms with Crippen LogP contribution in [0.2, 0.25) is 0 Å². The zero-order valence-electron chi connectivity index (χ0n) is 30.0. The van der Waals surface area contributed by atoms with Gasteiger partial charge in [0, 0.05) is 33.6 Å². The van der Waals surface area contributed by atoms with Crippen LogP contribution < -0.4 is 4.90 Å². The molecule has 0 aliphatic rings. The van der Waals surface area contributed by atoms with E-state index < -0.39 is 0 Å². The van der Waals surface area contributed by atoms with E-state index in [0.717, 1.165) is 61.4 Å². The fourth-order valence-electron chi connectivity index (χ4n) is 7.70. The minimum absolute atomic E-state index is 0.888. The number of hydrogen-bond donors (Lipinski definition) is 0. The first-order chi connectivity index (χ1) is 27.3. The fourth-order valence-corrected chi connectivity index (χ4v) is 7.70. The van der Waals surface area contributed by atoms with Crippen molar-refractivity contribution in [1.82, 2.24) is 9.97 Å². The molecule has 10 aromatic rings. The first-order valence-electron chi connectivity index (χ1n) is 18.7. The number of anilines is 3. The minimum atomic E-state index is 0.888. The molecule has 0 fully saturated rings. The predicted molar refractivity (Wildman–Crippen MR) is 231 cm³/mol. The first-order valence-corrected chi connectivity index (χ1v) is 18.7. The molecule has 55 heavy (non-hydrogen) atoms. The van der Waals surface area contributed by atoms with Crippen molar-refractivity contribution in [3.8, 4) is 44.8 Å². The lowest BCUT2D eigenvalue weighted by Crippen LogP contribution is -2.09. The van der Waals surface area contributed by atoms with Crippen LogP contribution in [0, 0.1) is 0 Å². The fraction of sp³-hybridized carbons (Fsp3) is 0. The van der Waals surface area contributed by atoms with Crippen LogP contribution >= 0.6 is 0 Å². The summed E-state index contributed by atoms with van der Waals surface area (Å²) in [5.41, 5.74) is 13.8. The van der Waals surface area contributed by atoms with Crippen molar-refractivity contribution in [2.45, 2.75) is 0 Å². The van der Waals surface area contributed by atoms with Crippen molar-refractivity contribution >= 4 is 49.6 Å². The van der Waals surface area contributed by atoms with Crippen LogP contribution in [0.4, 0.5) is 17.1 Å². The third kappa shape index (κ3) is 6.08. The average Bonchev–Trinajstić information content (AvgIpc) is 3.27. The van der Waals surface area contributed by atoms with Crippen LogP contribution in [0.15, 0.2) is 212 Å². The monoisotopic (exact) mass is 701 g/mol. The van der Waals surface area contributed by atoms with Crippen molar-refractivity contribution in [2.24, 2.45) is 0 Å². The molecule has 0 unspecified atom stereocenters. The SMILES string of the molecule is c1ccc(-c2nc3ccc4ccc5cc(-c6ccc(-c7ccc(N(c8ccccc8)c8ccccc8)cc7)cc6)ccc5c4c3nc2-c2ccccc2)cc1. The second-order valence-electron chi connectivity index (χ2n) is 13.8. The molecule has 3 nitrogen and oxygen atoms in total. The highest BCUT2D eigenvalue weighted by Crippen LogP contribution is 2.38. The van der Waals surface area contributed by atoms with Gasteiger partial charge in [0.1, 0.15) is 0 Å². The van der Waals surface area contributed by atoms with Crippen molar-refractivity contribution in [3.63, 3.8) is 0 Å². The maximum Gasteiger partial charge on any atom is 0.0979 e. The van der Waals surface area contributed by atoms with Crippen LogP contribution in [-0.2, 0) is 0 Å². The summed E-state index contributed by atoms with van der Waals surface area (Å²) in [5, 5.41) is 4.63. The summed E-state index contributed by atoms with van der Waals surface area (Å²) in [6.07, 6.45) is 0. The third-order valence-electron chi connectivity index (χ3n) is 10.4. The van der Waals surface area contributed by atoms with E-state index in [1.54, 1.807) is 0 Å². The molecule has 0 radical (unpaired) electrons. The number of rotatable bonds is 7. The molecule has 3 heteroatoms. The lowest BCUT2D eigenvalue weighted by atomic mass is 9.95. The normalized spacial score (nSPS) is 11.3. The molecular formula is C52H35N3. The zero-order chi connectivity index (χ0) is 36.6. The summed E-state index contributed by atoms with van der Waals surface area (Å²) in [5.74, 6) is 0. The van der Waals surface area contributed by atoms with E-state index in [4.69, 9.17) is 9.97 Å². The Hall–Kier alpha value is -7.36. The number of fused-ring (bicyclic) bond motifs is 5. The van der Waals surface area contributed by atoms with Gasteiger partial charge in [0.15, 0.2) is 0 Å². The van der Waals surface area contributed by atoms with Gasteiger partial charge < -0.3 is 4.90 Å². The minimum Gasteiger partial charge on any atom is -0.311 e. The number of aromatic nitrogens is 2. The van der Waals surface area contributed by atoms with Crippen molar-refractivity contribution < 1.29 is 0 Å². The van der Waals surface area contributed by atoms with E-state index in [1.807, 2.05) is 12.1 Å². The van der Waals surface area contributed by atoms with Gasteiger partial charge in [0.25, 0.3) is 0 Å². The van der Waals surface area contributed by atoms with E-state index in [0.29, 0.717) is 0 Å². The summed E-state index contributed by atoms with van der Waals surface area (Å²) < 4.78 is 0. The molecule has 0 aliphatic heterocycles. The van der Waals surface area contributed by atoms with Crippen LogP contribution in [-0.4, -0.2) is 9.97 Å². The first kappa shape index (κ1) is 32.3. The highest BCUT2D eigenvalue weighted by Gasteiger charge is 2.17. The number of hydrogen-bond acceptors (Lipinski definition) is 3. The van der Waals surface area contributed by atoms with Gasteiger partial charge in [-0.15, -0.1) is 0 Å². The van der Waals surface area contributed by atoms with Crippen LogP contribution in [0.1, 0.15) is 0 Å². The summed E-state index contributed by atoms with van der Waals surface area (Å²) >= 11 is 0. The van der Waals surface area contributed by atoms with Crippen molar-refractivity contribution in [2.75, 3.05) is 4.90 Å². The molecule has 0 N–H and O–H groups in total. The Bertz CT molecular complexity index is 2890. The van der Waals surface area contributed by atoms with Crippen molar-refractivity contribution in [1.29, 1.82) is 0 Å². The van der Waals surface area contributed by atoms with E-state index in [-0.39, 0.29) is 0 Å². The Labute approximate surface area is 320 Å². The molecule has 9 aromatic carbocycles. The quantitative estimate of drug-likeness (QED) is 0.155. The Morgan fingerprint density at radius 1 is 0.309 bits per heavy atom. The van der Waals surface area contributed by atoms with E-state index in [9.17, 15) is 0 Å². The summed E-state index contributed by atoms with van der Waals surface area (Å²) in [4.78, 5) is 12.9. The molecule has 0 saturated carbocycles. The summed E-state index contributed by atoms with van der Waals surface area (Å²) in [7, 11) is 0. The smallest absolute Gasteiger partial charge is 0.0979 e. The standard InChI is InChI=1S/C52H35N3/c1-5-13-40(14-6-1)50-51(41-15-7-2-8-16-41)54-52-48(53-50)34-30-39-25-26-43-35-42(29-33-47(43)49(39)52)38-23-21-36(22-24-38)37-27-31-46(32-28-37)55(44-17-9-3-10-18-44)45-19-11-4-12-20-45/h1-35H. The largest absolute Gasteiger partial charge is 0.311 e. The zero-order valence-corrected chi connectivity index (χ0v) is 30.0. The van der Waals surface area contributed by atoms with Gasteiger partial charge in [0.2, 0.25) is 0 Å². The number of para-hydroxylation sites is 2. The molecule has 0 saturated heterocycles. The van der Waals surface area contributed by atoms with E-state index >= 15 is 0 Å². The highest BCUT2D eigenvalue weighted by atomic mass is 15.1. The summed E-state index contributed by atoms with van der Waals surface area (Å²) in [6, 6.07) is 75.0. The van der Waals surface area contributed by atoms with Gasteiger partial charge in [0.05, 0.1) is 22.4 Å². The molecule has 0 spiro atoms. The number of benzene rings is 9. The van der Waals surface area contributed by atoms with Gasteiger partial charge in [-0.05, 0) is 86.9 Å². The molecule has 0 aliphatic carbocycles. The maximum absolute atomic E-state index is 5.40. The Balaban J connectivity index is 0.996. The van der Waals surface area contributed by atoms with Gasteiger partial charge in [-0.2, -0.15) is 0 Å². The Morgan fingerprint density at radius 2 is 0.745 bits per heavy atom. The van der Waals surface area contributed by atoms with Gasteiger partial charge >= 0.3 is 0 Å². The summed E-state index contributed by atoms with van der Waals surface area (Å²) in [6.45, 7) is 0. The number of nitrogens with zero attached hydrogens (tertiary/aromatic N) is 3. The van der Waals surface area contributed by atoms with Gasteiger partial charge in [-0.25, -0.2) is 9.97 Å². The Morgan fingerprint density at radius 3 is 1.33 bits per heavy atom. The van der Waals surface area contributed by atoms with Crippen molar-refractivity contribution in [3.05, 3.63) is 212 Å². The third-order valence-corrected chi connectivity index (χ3v) is 10.4. The second-order valence-corrected chi connectivity index (χ2v) is 13.8. The molecule has 10 rings (SSSR count). The van der Waals surface area contributed by atoms with E-state index in [1.165, 1.54) is 33.0 Å².